The van der Waals surface area contributed by atoms with E-state index in [4.69, 9.17) is 4.74 Å². The molecule has 0 bridgehead atoms. The number of hydrogen-bond acceptors (Lipinski definition) is 5. The van der Waals surface area contributed by atoms with E-state index in [0.29, 0.717) is 22.8 Å². The van der Waals surface area contributed by atoms with E-state index in [2.05, 4.69) is 4.98 Å². The minimum absolute atomic E-state index is 0.0814. The summed E-state index contributed by atoms with van der Waals surface area (Å²) in [6.45, 7) is 3.59. The Labute approximate surface area is 159 Å². The zero-order valence-corrected chi connectivity index (χ0v) is 16.0. The predicted octanol–water partition coefficient (Wildman–Crippen LogP) is 3.44. The van der Waals surface area contributed by atoms with Gasteiger partial charge in [0.15, 0.2) is 0 Å². The van der Waals surface area contributed by atoms with Gasteiger partial charge in [0.25, 0.3) is 0 Å². The molecule has 27 heavy (non-hydrogen) atoms. The summed E-state index contributed by atoms with van der Waals surface area (Å²) in [7, 11) is 1.37. The highest BCUT2D eigenvalue weighted by atomic mass is 32.1. The van der Waals surface area contributed by atoms with Crippen molar-refractivity contribution < 1.29 is 27.8 Å². The summed E-state index contributed by atoms with van der Waals surface area (Å²) in [5.74, 6) is -0.209. The van der Waals surface area contributed by atoms with Gasteiger partial charge in [0, 0.05) is 18.1 Å². The first kappa shape index (κ1) is 21.2. The third kappa shape index (κ3) is 4.98. The van der Waals surface area contributed by atoms with Gasteiger partial charge in [-0.1, -0.05) is 18.2 Å². The van der Waals surface area contributed by atoms with Crippen molar-refractivity contribution in [3.05, 3.63) is 45.9 Å². The molecule has 9 heteroatoms. The summed E-state index contributed by atoms with van der Waals surface area (Å²) >= 11 is 0.677. The highest BCUT2D eigenvalue weighted by Crippen LogP contribution is 2.43. The van der Waals surface area contributed by atoms with Crippen molar-refractivity contribution in [2.75, 3.05) is 20.2 Å². The summed E-state index contributed by atoms with van der Waals surface area (Å²) in [6.07, 6.45) is -6.16. The number of ether oxygens (including phenoxy) is 1. The largest absolute Gasteiger partial charge is 0.491 e. The van der Waals surface area contributed by atoms with Crippen molar-refractivity contribution in [2.24, 2.45) is 0 Å². The van der Waals surface area contributed by atoms with Gasteiger partial charge in [0.1, 0.15) is 17.4 Å². The number of aromatic nitrogens is 1. The van der Waals surface area contributed by atoms with Gasteiger partial charge in [-0.3, -0.25) is 4.79 Å². The minimum atomic E-state index is -5.02. The Bertz CT molecular complexity index is 794. The number of carbonyl (C=O) groups excluding carboxylic acids is 1. The molecule has 0 radical (unpaired) electrons. The lowest BCUT2D eigenvalue weighted by atomic mass is 9.99. The second-order valence-corrected chi connectivity index (χ2v) is 7.12. The van der Waals surface area contributed by atoms with Crippen molar-refractivity contribution in [3.63, 3.8) is 0 Å². The van der Waals surface area contributed by atoms with E-state index in [1.54, 1.807) is 12.1 Å². The standard InChI is InChI=1S/C18H21F3N2O3S/c1-12-6-4-5-7-14(12)26-9-8-23(3)15(24)10-17(25,18(19,20)21)16-22-13(2)11-27-16/h4-7,11,25H,8-10H2,1-3H3. The van der Waals surface area contributed by atoms with Crippen LogP contribution in [-0.2, 0) is 10.4 Å². The molecule has 0 spiro atoms. The predicted molar refractivity (Wildman–Crippen MR) is 95.7 cm³/mol. The van der Waals surface area contributed by atoms with Gasteiger partial charge < -0.3 is 14.7 Å². The van der Waals surface area contributed by atoms with Gasteiger partial charge in [-0.25, -0.2) is 4.98 Å². The molecule has 1 unspecified atom stereocenters. The van der Waals surface area contributed by atoms with E-state index < -0.39 is 29.1 Å². The smallest absolute Gasteiger partial charge is 0.424 e. The Hall–Kier alpha value is -2.13. The third-order valence-electron chi connectivity index (χ3n) is 4.05. The number of aliphatic hydroxyl groups is 1. The van der Waals surface area contributed by atoms with Crippen molar-refractivity contribution >= 4 is 17.2 Å². The van der Waals surface area contributed by atoms with E-state index in [9.17, 15) is 23.1 Å². The molecule has 1 heterocycles. The van der Waals surface area contributed by atoms with Crippen LogP contribution in [0.25, 0.3) is 0 Å². The zero-order valence-electron chi connectivity index (χ0n) is 15.2. The lowest BCUT2D eigenvalue weighted by molar-refractivity contribution is -0.268. The summed E-state index contributed by atoms with van der Waals surface area (Å²) in [6, 6.07) is 7.29. The first-order valence-corrected chi connectivity index (χ1v) is 9.06. The summed E-state index contributed by atoms with van der Waals surface area (Å²) in [4.78, 5) is 17.1. The number of alkyl halides is 3. The molecule has 5 nitrogen and oxygen atoms in total. The van der Waals surface area contributed by atoms with Crippen molar-refractivity contribution in [3.8, 4) is 5.75 Å². The van der Waals surface area contributed by atoms with Gasteiger partial charge in [-0.05, 0) is 25.5 Å². The van der Waals surface area contributed by atoms with Gasteiger partial charge in [-0.15, -0.1) is 11.3 Å². The molecule has 0 aliphatic heterocycles. The lowest BCUT2D eigenvalue weighted by Crippen LogP contribution is -2.47. The molecule has 2 rings (SSSR count). The lowest BCUT2D eigenvalue weighted by Gasteiger charge is -2.29. The van der Waals surface area contributed by atoms with E-state index >= 15 is 0 Å². The Morgan fingerprint density at radius 3 is 2.52 bits per heavy atom. The number of amides is 1. The van der Waals surface area contributed by atoms with Crippen LogP contribution in [0.2, 0.25) is 0 Å². The number of hydrogen-bond donors (Lipinski definition) is 1. The fourth-order valence-corrected chi connectivity index (χ4v) is 3.24. The van der Waals surface area contributed by atoms with Gasteiger partial charge in [0.2, 0.25) is 11.5 Å². The Kier molecular flexibility index (Phi) is 6.48. The molecule has 148 valence electrons. The van der Waals surface area contributed by atoms with E-state index in [1.165, 1.54) is 19.4 Å². The molecular formula is C18H21F3N2O3S. The first-order chi connectivity index (χ1) is 12.5. The summed E-state index contributed by atoms with van der Waals surface area (Å²) in [5, 5.41) is 11.1. The molecule has 0 aliphatic carbocycles. The first-order valence-electron chi connectivity index (χ1n) is 8.18. The fraction of sp³-hybridized carbons (Fsp3) is 0.444. The zero-order chi connectivity index (χ0) is 20.2. The Morgan fingerprint density at radius 2 is 1.96 bits per heavy atom. The number of aryl methyl sites for hydroxylation is 2. The monoisotopic (exact) mass is 402 g/mol. The molecule has 1 aromatic carbocycles. The van der Waals surface area contributed by atoms with Crippen LogP contribution in [0.1, 0.15) is 22.7 Å². The second kappa shape index (κ2) is 8.26. The maximum atomic E-state index is 13.5. The topological polar surface area (TPSA) is 62.7 Å². The molecule has 0 saturated carbocycles. The number of benzene rings is 1. The summed E-state index contributed by atoms with van der Waals surface area (Å²) in [5.41, 5.74) is -2.05. The van der Waals surface area contributed by atoms with Crippen LogP contribution in [0.3, 0.4) is 0 Å². The number of rotatable bonds is 7. The minimum Gasteiger partial charge on any atom is -0.491 e. The molecule has 0 fully saturated rings. The van der Waals surface area contributed by atoms with Crippen LogP contribution in [0.5, 0.6) is 5.75 Å². The average Bonchev–Trinajstić information content (AvgIpc) is 3.02. The van der Waals surface area contributed by atoms with Crippen LogP contribution < -0.4 is 4.74 Å². The molecule has 0 saturated heterocycles. The normalized spacial score (nSPS) is 13.9. The number of para-hydroxylation sites is 1. The average molecular weight is 402 g/mol. The van der Waals surface area contributed by atoms with Crippen LogP contribution in [0.4, 0.5) is 13.2 Å². The maximum absolute atomic E-state index is 13.5. The molecule has 1 atom stereocenters. The Morgan fingerprint density at radius 1 is 1.30 bits per heavy atom. The fourth-order valence-electron chi connectivity index (χ4n) is 2.33. The molecule has 1 N–H and O–H groups in total. The SMILES string of the molecule is Cc1csc(C(O)(CC(=O)N(C)CCOc2ccccc2C)C(F)(F)F)n1. The van der Waals surface area contributed by atoms with Gasteiger partial charge >= 0.3 is 6.18 Å². The third-order valence-corrected chi connectivity index (χ3v) is 5.16. The highest BCUT2D eigenvalue weighted by molar-refractivity contribution is 7.09. The van der Waals surface area contributed by atoms with Crippen molar-refractivity contribution in [1.82, 2.24) is 9.88 Å². The van der Waals surface area contributed by atoms with Gasteiger partial charge in [0.05, 0.1) is 13.0 Å². The highest BCUT2D eigenvalue weighted by Gasteiger charge is 2.58. The number of thiazole rings is 1. The van der Waals surface area contributed by atoms with E-state index in [-0.39, 0.29) is 13.2 Å². The van der Waals surface area contributed by atoms with Gasteiger partial charge in [-0.2, -0.15) is 13.2 Å². The number of nitrogens with zero attached hydrogens (tertiary/aromatic N) is 2. The second-order valence-electron chi connectivity index (χ2n) is 6.26. The van der Waals surface area contributed by atoms with Crippen molar-refractivity contribution in [1.29, 1.82) is 0 Å². The molecule has 1 aromatic heterocycles. The van der Waals surface area contributed by atoms with Crippen LogP contribution in [0.15, 0.2) is 29.6 Å². The molecule has 0 aliphatic rings. The number of likely N-dealkylation sites (N-methyl/N-ethyl adjacent to an activating group) is 1. The van der Waals surface area contributed by atoms with Crippen LogP contribution in [-0.4, -0.2) is 47.3 Å². The van der Waals surface area contributed by atoms with E-state index in [1.807, 2.05) is 19.1 Å². The molecular weight excluding hydrogens is 381 g/mol. The molecule has 1 amide bonds. The quantitative estimate of drug-likeness (QED) is 0.771. The number of halogens is 3. The van der Waals surface area contributed by atoms with Crippen LogP contribution in [0, 0.1) is 13.8 Å². The summed E-state index contributed by atoms with van der Waals surface area (Å²) < 4.78 is 45.9. The molecule has 2 aromatic rings. The number of carbonyl (C=O) groups is 1. The maximum Gasteiger partial charge on any atom is 0.424 e. The van der Waals surface area contributed by atoms with Crippen LogP contribution >= 0.6 is 11.3 Å². The Balaban J connectivity index is 2.01. The van der Waals surface area contributed by atoms with E-state index in [0.717, 1.165) is 10.5 Å². The van der Waals surface area contributed by atoms with Crippen molar-refractivity contribution in [2.45, 2.75) is 32.0 Å².